The lowest BCUT2D eigenvalue weighted by Crippen LogP contribution is -2.28. The first-order chi connectivity index (χ1) is 7.07. The third-order valence-corrected chi connectivity index (χ3v) is 3.06. The van der Waals surface area contributed by atoms with Gasteiger partial charge in [-0.05, 0) is 13.8 Å². The summed E-state index contributed by atoms with van der Waals surface area (Å²) in [6.45, 7) is 3.87. The van der Waals surface area contributed by atoms with E-state index in [9.17, 15) is 0 Å². The number of hydrogen-bond acceptors (Lipinski definition) is 5. The molecule has 0 aliphatic heterocycles. The third-order valence-electron chi connectivity index (χ3n) is 1.88. The van der Waals surface area contributed by atoms with Crippen LogP contribution in [0.15, 0.2) is 24.0 Å². The average Bonchev–Trinajstić information content (AvgIpc) is 2.67. The van der Waals surface area contributed by atoms with E-state index < -0.39 is 5.54 Å². The third kappa shape index (κ3) is 2.19. The fraction of sp³-hybridized carbons (Fsp3) is 0.300. The van der Waals surface area contributed by atoms with Crippen LogP contribution in [-0.2, 0) is 5.54 Å². The summed E-state index contributed by atoms with van der Waals surface area (Å²) in [5.41, 5.74) is 7.18. The van der Waals surface area contributed by atoms with E-state index >= 15 is 0 Å². The Balaban J connectivity index is 2.37. The maximum absolute atomic E-state index is 5.96. The van der Waals surface area contributed by atoms with Gasteiger partial charge in [0.05, 0.1) is 11.7 Å². The van der Waals surface area contributed by atoms with E-state index in [4.69, 9.17) is 5.73 Å². The smallest absolute Gasteiger partial charge is 0.113 e. The minimum Gasteiger partial charge on any atom is -0.320 e. The van der Waals surface area contributed by atoms with Crippen molar-refractivity contribution >= 4 is 11.3 Å². The summed E-state index contributed by atoms with van der Waals surface area (Å²) in [6, 6.07) is 0. The standard InChI is InChI=1S/C10H12N4S/c1-10(2,11)9-14-8(6-15-9)7-5-12-3-4-13-7/h3-6H,11H2,1-2H3. The van der Waals surface area contributed by atoms with E-state index in [1.54, 1.807) is 29.9 Å². The molecular formula is C10H12N4S. The Bertz CT molecular complexity index is 444. The van der Waals surface area contributed by atoms with Crippen LogP contribution in [-0.4, -0.2) is 15.0 Å². The van der Waals surface area contributed by atoms with Crippen LogP contribution < -0.4 is 5.73 Å². The second-order valence-corrected chi connectivity index (χ2v) is 4.71. The Kier molecular flexibility index (Phi) is 2.50. The van der Waals surface area contributed by atoms with Crippen LogP contribution in [0.4, 0.5) is 0 Å². The Morgan fingerprint density at radius 3 is 2.60 bits per heavy atom. The van der Waals surface area contributed by atoms with Crippen LogP contribution in [0.3, 0.4) is 0 Å². The maximum atomic E-state index is 5.96. The molecule has 2 heterocycles. The summed E-state index contributed by atoms with van der Waals surface area (Å²) in [5, 5.41) is 2.86. The van der Waals surface area contributed by atoms with Gasteiger partial charge in [0.25, 0.3) is 0 Å². The highest BCUT2D eigenvalue weighted by atomic mass is 32.1. The molecule has 4 nitrogen and oxygen atoms in total. The van der Waals surface area contributed by atoms with Gasteiger partial charge >= 0.3 is 0 Å². The van der Waals surface area contributed by atoms with Gasteiger partial charge in [-0.15, -0.1) is 11.3 Å². The quantitative estimate of drug-likeness (QED) is 0.838. The average molecular weight is 220 g/mol. The number of nitrogens with zero attached hydrogens (tertiary/aromatic N) is 3. The van der Waals surface area contributed by atoms with Gasteiger partial charge in [0.1, 0.15) is 16.4 Å². The van der Waals surface area contributed by atoms with E-state index in [-0.39, 0.29) is 0 Å². The van der Waals surface area contributed by atoms with Crippen molar-refractivity contribution in [2.45, 2.75) is 19.4 Å². The molecule has 0 saturated heterocycles. The van der Waals surface area contributed by atoms with Gasteiger partial charge in [0, 0.05) is 17.8 Å². The van der Waals surface area contributed by atoms with E-state index in [1.807, 2.05) is 19.2 Å². The lowest BCUT2D eigenvalue weighted by molar-refractivity contribution is 0.551. The molecule has 0 saturated carbocycles. The summed E-state index contributed by atoms with van der Waals surface area (Å²) >= 11 is 1.55. The number of aromatic nitrogens is 3. The zero-order valence-electron chi connectivity index (χ0n) is 8.64. The molecule has 5 heteroatoms. The molecule has 0 amide bonds. The van der Waals surface area contributed by atoms with Crippen molar-refractivity contribution in [2.75, 3.05) is 0 Å². The highest BCUT2D eigenvalue weighted by Gasteiger charge is 2.19. The number of rotatable bonds is 2. The Labute approximate surface area is 92.2 Å². The second-order valence-electron chi connectivity index (χ2n) is 3.85. The maximum Gasteiger partial charge on any atom is 0.113 e. The van der Waals surface area contributed by atoms with Crippen molar-refractivity contribution < 1.29 is 0 Å². The van der Waals surface area contributed by atoms with E-state index in [1.165, 1.54) is 0 Å². The van der Waals surface area contributed by atoms with Crippen LogP contribution in [0.5, 0.6) is 0 Å². The molecule has 2 N–H and O–H groups in total. The molecule has 0 aliphatic rings. The Hall–Kier alpha value is -1.33. The van der Waals surface area contributed by atoms with Crippen molar-refractivity contribution in [2.24, 2.45) is 5.73 Å². The van der Waals surface area contributed by atoms with Crippen LogP contribution in [0.1, 0.15) is 18.9 Å². The minimum atomic E-state index is -0.398. The molecule has 2 rings (SSSR count). The van der Waals surface area contributed by atoms with Crippen LogP contribution >= 0.6 is 11.3 Å². The monoisotopic (exact) mass is 220 g/mol. The topological polar surface area (TPSA) is 64.7 Å². The van der Waals surface area contributed by atoms with Crippen LogP contribution in [0.2, 0.25) is 0 Å². The SMILES string of the molecule is CC(C)(N)c1nc(-c2cnccn2)cs1. The zero-order chi connectivity index (χ0) is 10.9. The summed E-state index contributed by atoms with van der Waals surface area (Å²) < 4.78 is 0. The highest BCUT2D eigenvalue weighted by Crippen LogP contribution is 2.25. The van der Waals surface area contributed by atoms with Crippen molar-refractivity contribution in [1.82, 2.24) is 15.0 Å². The molecule has 78 valence electrons. The molecule has 0 radical (unpaired) electrons. The first kappa shape index (κ1) is 10.2. The lowest BCUT2D eigenvalue weighted by atomic mass is 10.1. The van der Waals surface area contributed by atoms with Crippen molar-refractivity contribution in [3.05, 3.63) is 29.0 Å². The molecule has 0 unspecified atom stereocenters. The highest BCUT2D eigenvalue weighted by molar-refractivity contribution is 7.10. The van der Waals surface area contributed by atoms with Gasteiger partial charge < -0.3 is 5.73 Å². The summed E-state index contributed by atoms with van der Waals surface area (Å²) in [4.78, 5) is 12.6. The number of hydrogen-bond donors (Lipinski definition) is 1. The number of nitrogens with two attached hydrogens (primary N) is 1. The zero-order valence-corrected chi connectivity index (χ0v) is 9.45. The molecule has 2 aromatic rings. The van der Waals surface area contributed by atoms with Crippen molar-refractivity contribution in [1.29, 1.82) is 0 Å². The van der Waals surface area contributed by atoms with Gasteiger partial charge in [0.15, 0.2) is 0 Å². The molecule has 0 spiro atoms. The van der Waals surface area contributed by atoms with Crippen LogP contribution in [0, 0.1) is 0 Å². The van der Waals surface area contributed by atoms with Gasteiger partial charge in [-0.2, -0.15) is 0 Å². The van der Waals surface area contributed by atoms with Gasteiger partial charge in [-0.25, -0.2) is 4.98 Å². The second kappa shape index (κ2) is 3.67. The Morgan fingerprint density at radius 1 is 1.27 bits per heavy atom. The number of thiazole rings is 1. The molecule has 0 atom stereocenters. The lowest BCUT2D eigenvalue weighted by Gasteiger charge is -2.13. The predicted molar refractivity (Wildman–Crippen MR) is 60.4 cm³/mol. The van der Waals surface area contributed by atoms with Gasteiger partial charge in [-0.1, -0.05) is 0 Å². The summed E-state index contributed by atoms with van der Waals surface area (Å²) in [6.07, 6.45) is 4.99. The largest absolute Gasteiger partial charge is 0.320 e. The molecule has 0 bridgehead atoms. The molecule has 0 fully saturated rings. The van der Waals surface area contributed by atoms with Crippen LogP contribution in [0.25, 0.3) is 11.4 Å². The molecule has 0 aliphatic carbocycles. The summed E-state index contributed by atoms with van der Waals surface area (Å²) in [5.74, 6) is 0. The van der Waals surface area contributed by atoms with E-state index in [0.29, 0.717) is 0 Å². The first-order valence-electron chi connectivity index (χ1n) is 4.58. The van der Waals surface area contributed by atoms with Crippen molar-refractivity contribution in [3.63, 3.8) is 0 Å². The van der Waals surface area contributed by atoms with Gasteiger partial charge in [-0.3, -0.25) is 9.97 Å². The molecule has 0 aromatic carbocycles. The summed E-state index contributed by atoms with van der Waals surface area (Å²) in [7, 11) is 0. The Morgan fingerprint density at radius 2 is 2.07 bits per heavy atom. The fourth-order valence-electron chi connectivity index (χ4n) is 1.12. The molecule has 15 heavy (non-hydrogen) atoms. The minimum absolute atomic E-state index is 0.398. The predicted octanol–water partition coefficient (Wildman–Crippen LogP) is 1.79. The van der Waals surface area contributed by atoms with E-state index in [2.05, 4.69) is 15.0 Å². The fourth-order valence-corrected chi connectivity index (χ4v) is 1.97. The first-order valence-corrected chi connectivity index (χ1v) is 5.46. The van der Waals surface area contributed by atoms with E-state index in [0.717, 1.165) is 16.4 Å². The molecule has 2 aromatic heterocycles. The normalized spacial score (nSPS) is 11.7. The van der Waals surface area contributed by atoms with Crippen molar-refractivity contribution in [3.8, 4) is 11.4 Å². The van der Waals surface area contributed by atoms with Gasteiger partial charge in [0.2, 0.25) is 0 Å². The molecular weight excluding hydrogens is 208 g/mol.